The molecule has 2 saturated heterocycles. The number of piperazine rings is 1. The molecule has 3 aromatic carbocycles. The Balaban J connectivity index is 1.43. The third-order valence-corrected chi connectivity index (χ3v) is 7.47. The van der Waals surface area contributed by atoms with Crippen molar-refractivity contribution in [3.63, 3.8) is 0 Å². The number of amides is 4. The van der Waals surface area contributed by atoms with Crippen LogP contribution in [0.1, 0.15) is 23.6 Å². The summed E-state index contributed by atoms with van der Waals surface area (Å²) in [7, 11) is 0. The lowest BCUT2D eigenvalue weighted by molar-refractivity contribution is -0.189. The van der Waals surface area contributed by atoms with Crippen LogP contribution in [0.5, 0.6) is 0 Å². The minimum absolute atomic E-state index is 0.0499. The van der Waals surface area contributed by atoms with Crippen molar-refractivity contribution in [2.75, 3.05) is 26.2 Å². The third-order valence-electron chi connectivity index (χ3n) is 7.47. The van der Waals surface area contributed by atoms with Crippen LogP contribution >= 0.6 is 0 Å². The van der Waals surface area contributed by atoms with Crippen molar-refractivity contribution >= 4 is 17.8 Å². The van der Waals surface area contributed by atoms with E-state index < -0.39 is 12.2 Å². The van der Waals surface area contributed by atoms with E-state index in [4.69, 9.17) is 0 Å². The number of carbonyl (C=O) groups excluding carboxylic acids is 3. The second-order valence-corrected chi connectivity index (χ2v) is 9.98. The van der Waals surface area contributed by atoms with Crippen LogP contribution in [0.4, 0.5) is 4.79 Å². The number of likely N-dealkylation sites (N-methyl/N-ethyl adjacent to an activating group) is 1. The monoisotopic (exact) mass is 525 g/mol. The molecule has 0 radical (unpaired) electrons. The van der Waals surface area contributed by atoms with Gasteiger partial charge in [0.05, 0.1) is 13.1 Å². The molecule has 5 rings (SSSR count). The SMILES string of the molecule is CCN1CC(=O)N2[C@@H](Cc3ccccc3)C(=O)N(CCc3ccccc3)C[C@@H]2N1C(=O)NCc1ccccc1. The number of nitrogens with zero attached hydrogens (tertiary/aromatic N) is 4. The molecule has 0 bridgehead atoms. The van der Waals surface area contributed by atoms with E-state index in [-0.39, 0.29) is 30.9 Å². The van der Waals surface area contributed by atoms with Crippen molar-refractivity contribution in [3.05, 3.63) is 108 Å². The maximum atomic E-state index is 13.9. The van der Waals surface area contributed by atoms with Gasteiger partial charge in [0, 0.05) is 26.1 Å². The molecule has 0 unspecified atom stereocenters. The molecule has 202 valence electrons. The molecular formula is C31H35N5O3. The summed E-state index contributed by atoms with van der Waals surface area (Å²) in [6.07, 6.45) is 0.502. The summed E-state index contributed by atoms with van der Waals surface area (Å²) in [5.41, 5.74) is 3.11. The Kier molecular flexibility index (Phi) is 8.22. The summed E-state index contributed by atoms with van der Waals surface area (Å²) < 4.78 is 0. The van der Waals surface area contributed by atoms with Gasteiger partial charge < -0.3 is 15.1 Å². The predicted molar refractivity (Wildman–Crippen MR) is 149 cm³/mol. The molecule has 1 N–H and O–H groups in total. The van der Waals surface area contributed by atoms with Gasteiger partial charge in [-0.1, -0.05) is 97.9 Å². The zero-order valence-electron chi connectivity index (χ0n) is 22.3. The van der Waals surface area contributed by atoms with Crippen LogP contribution in [-0.4, -0.2) is 76.0 Å². The molecule has 39 heavy (non-hydrogen) atoms. The molecule has 3 aromatic rings. The van der Waals surface area contributed by atoms with Gasteiger partial charge in [-0.2, -0.15) is 0 Å². The van der Waals surface area contributed by atoms with Crippen LogP contribution in [0.25, 0.3) is 0 Å². The Bertz CT molecular complexity index is 1270. The van der Waals surface area contributed by atoms with Crippen LogP contribution in [0.2, 0.25) is 0 Å². The average Bonchev–Trinajstić information content (AvgIpc) is 2.97. The summed E-state index contributed by atoms with van der Waals surface area (Å²) in [5, 5.41) is 6.48. The molecule has 2 heterocycles. The standard InChI is InChI=1S/C31H35N5O3/c1-2-34-23-29(37)35-27(20-25-14-8-4-9-15-25)30(38)33(19-18-24-12-6-3-7-13-24)22-28(35)36(34)31(39)32-21-26-16-10-5-11-17-26/h3-17,27-28H,2,18-23H2,1H3,(H,32,39)/t27-,28-/m0/s1. The molecule has 2 aliphatic rings. The number of benzene rings is 3. The largest absolute Gasteiger partial charge is 0.337 e. The Morgan fingerprint density at radius 2 is 1.44 bits per heavy atom. The van der Waals surface area contributed by atoms with E-state index in [9.17, 15) is 14.4 Å². The van der Waals surface area contributed by atoms with Gasteiger partial charge in [-0.25, -0.2) is 14.8 Å². The predicted octanol–water partition coefficient (Wildman–Crippen LogP) is 3.30. The van der Waals surface area contributed by atoms with Crippen molar-refractivity contribution in [3.8, 4) is 0 Å². The molecule has 0 saturated carbocycles. The van der Waals surface area contributed by atoms with Crippen molar-refractivity contribution in [1.82, 2.24) is 25.1 Å². The lowest BCUT2D eigenvalue weighted by Crippen LogP contribution is -2.76. The lowest BCUT2D eigenvalue weighted by atomic mass is 9.98. The van der Waals surface area contributed by atoms with E-state index in [2.05, 4.69) is 17.4 Å². The Labute approximate surface area is 229 Å². The van der Waals surface area contributed by atoms with Gasteiger partial charge >= 0.3 is 6.03 Å². The van der Waals surface area contributed by atoms with E-state index in [1.807, 2.05) is 90.7 Å². The zero-order chi connectivity index (χ0) is 27.2. The number of urea groups is 1. The normalized spacial score (nSPS) is 19.7. The molecule has 0 spiro atoms. The number of hydrogen-bond donors (Lipinski definition) is 1. The highest BCUT2D eigenvalue weighted by Crippen LogP contribution is 2.28. The molecule has 0 aromatic heterocycles. The topological polar surface area (TPSA) is 76.2 Å². The number of nitrogens with one attached hydrogen (secondary N) is 1. The van der Waals surface area contributed by atoms with Gasteiger partial charge in [0.15, 0.2) is 0 Å². The fraction of sp³-hybridized carbons (Fsp3) is 0.323. The molecule has 2 fully saturated rings. The van der Waals surface area contributed by atoms with E-state index in [0.29, 0.717) is 32.5 Å². The first-order chi connectivity index (χ1) is 19.0. The minimum atomic E-state index is -0.683. The number of fused-ring (bicyclic) bond motifs is 1. The Morgan fingerprint density at radius 1 is 0.846 bits per heavy atom. The van der Waals surface area contributed by atoms with Crippen LogP contribution in [0, 0.1) is 0 Å². The molecule has 2 aliphatic heterocycles. The second kappa shape index (κ2) is 12.1. The fourth-order valence-electron chi connectivity index (χ4n) is 5.47. The number of hydrazine groups is 1. The maximum absolute atomic E-state index is 13.9. The van der Waals surface area contributed by atoms with E-state index in [1.54, 1.807) is 14.9 Å². The lowest BCUT2D eigenvalue weighted by Gasteiger charge is -2.55. The third kappa shape index (κ3) is 5.96. The number of carbonyl (C=O) groups is 3. The van der Waals surface area contributed by atoms with E-state index >= 15 is 0 Å². The first-order valence-corrected chi connectivity index (χ1v) is 13.6. The molecule has 8 heteroatoms. The zero-order valence-corrected chi connectivity index (χ0v) is 22.3. The Morgan fingerprint density at radius 3 is 2.05 bits per heavy atom. The first kappa shape index (κ1) is 26.4. The summed E-state index contributed by atoms with van der Waals surface area (Å²) in [6.45, 7) is 3.63. The minimum Gasteiger partial charge on any atom is -0.337 e. The van der Waals surface area contributed by atoms with Crippen LogP contribution < -0.4 is 5.32 Å². The van der Waals surface area contributed by atoms with Gasteiger partial charge in [-0.3, -0.25) is 9.59 Å². The maximum Gasteiger partial charge on any atom is 0.334 e. The van der Waals surface area contributed by atoms with Gasteiger partial charge in [0.2, 0.25) is 11.8 Å². The van der Waals surface area contributed by atoms with Crippen LogP contribution in [-0.2, 0) is 29.0 Å². The van der Waals surface area contributed by atoms with Crippen LogP contribution in [0.3, 0.4) is 0 Å². The van der Waals surface area contributed by atoms with Crippen molar-refractivity contribution in [2.24, 2.45) is 0 Å². The summed E-state index contributed by atoms with van der Waals surface area (Å²) in [6, 6.07) is 28.6. The number of hydrogen-bond acceptors (Lipinski definition) is 4. The van der Waals surface area contributed by atoms with Gasteiger partial charge in [0.25, 0.3) is 0 Å². The highest BCUT2D eigenvalue weighted by Gasteiger charge is 2.50. The molecule has 2 atom stereocenters. The second-order valence-electron chi connectivity index (χ2n) is 9.98. The fourth-order valence-corrected chi connectivity index (χ4v) is 5.47. The van der Waals surface area contributed by atoms with Gasteiger partial charge in [-0.15, -0.1) is 0 Å². The van der Waals surface area contributed by atoms with Crippen molar-refractivity contribution in [1.29, 1.82) is 0 Å². The van der Waals surface area contributed by atoms with Crippen LogP contribution in [0.15, 0.2) is 91.0 Å². The molecule has 8 nitrogen and oxygen atoms in total. The first-order valence-electron chi connectivity index (χ1n) is 13.6. The highest BCUT2D eigenvalue weighted by atomic mass is 16.2. The highest BCUT2D eigenvalue weighted by molar-refractivity contribution is 5.91. The molecule has 0 aliphatic carbocycles. The molecule has 4 amide bonds. The quantitative estimate of drug-likeness (QED) is 0.490. The smallest absolute Gasteiger partial charge is 0.334 e. The summed E-state index contributed by atoms with van der Waals surface area (Å²) in [5.74, 6) is -0.208. The van der Waals surface area contributed by atoms with Gasteiger partial charge in [0.1, 0.15) is 12.2 Å². The van der Waals surface area contributed by atoms with Crippen molar-refractivity contribution < 1.29 is 14.4 Å². The van der Waals surface area contributed by atoms with E-state index in [0.717, 1.165) is 16.7 Å². The number of rotatable bonds is 8. The summed E-state index contributed by atoms with van der Waals surface area (Å²) in [4.78, 5) is 44.6. The summed E-state index contributed by atoms with van der Waals surface area (Å²) >= 11 is 0. The van der Waals surface area contributed by atoms with Crippen molar-refractivity contribution in [2.45, 2.75) is 38.5 Å². The van der Waals surface area contributed by atoms with Gasteiger partial charge in [-0.05, 0) is 23.1 Å². The average molecular weight is 526 g/mol. The molecular weight excluding hydrogens is 490 g/mol. The van der Waals surface area contributed by atoms with E-state index in [1.165, 1.54) is 0 Å². The Hall–Kier alpha value is -4.17.